The van der Waals surface area contributed by atoms with Gasteiger partial charge in [0.1, 0.15) is 12.4 Å². The van der Waals surface area contributed by atoms with Crippen molar-refractivity contribution < 1.29 is 4.74 Å². The van der Waals surface area contributed by atoms with E-state index in [1.807, 2.05) is 12.1 Å². The van der Waals surface area contributed by atoms with Gasteiger partial charge in [-0.3, -0.25) is 0 Å². The predicted molar refractivity (Wildman–Crippen MR) is 75.8 cm³/mol. The van der Waals surface area contributed by atoms with Crippen LogP contribution in [0.2, 0.25) is 0 Å². The molecule has 98 valence electrons. The van der Waals surface area contributed by atoms with E-state index in [0.717, 1.165) is 18.2 Å². The summed E-state index contributed by atoms with van der Waals surface area (Å²) in [5.41, 5.74) is 1.23. The molecule has 1 aromatic rings. The van der Waals surface area contributed by atoms with E-state index in [1.165, 1.54) is 24.8 Å². The van der Waals surface area contributed by atoms with Crippen molar-refractivity contribution in [3.05, 3.63) is 42.5 Å². The molecule has 18 heavy (non-hydrogen) atoms. The third-order valence-corrected chi connectivity index (χ3v) is 3.75. The van der Waals surface area contributed by atoms with Crippen molar-refractivity contribution in [3.63, 3.8) is 0 Å². The van der Waals surface area contributed by atoms with Gasteiger partial charge in [-0.05, 0) is 24.8 Å². The minimum absolute atomic E-state index is 0.566. The van der Waals surface area contributed by atoms with Crippen LogP contribution in [0.4, 0.5) is 0 Å². The summed E-state index contributed by atoms with van der Waals surface area (Å²) in [7, 11) is 0. The first-order valence-electron chi connectivity index (χ1n) is 6.86. The topological polar surface area (TPSA) is 21.3 Å². The molecule has 2 heteroatoms. The molecule has 0 aromatic heterocycles. The van der Waals surface area contributed by atoms with Gasteiger partial charge in [-0.1, -0.05) is 44.2 Å². The molecule has 2 atom stereocenters. The molecule has 1 saturated carbocycles. The molecule has 1 aliphatic carbocycles. The third-order valence-electron chi connectivity index (χ3n) is 3.75. The first-order valence-corrected chi connectivity index (χ1v) is 6.86. The van der Waals surface area contributed by atoms with E-state index in [2.05, 4.69) is 31.0 Å². The zero-order valence-corrected chi connectivity index (χ0v) is 11.2. The molecule has 0 spiro atoms. The number of benzene rings is 1. The average Bonchev–Trinajstić information content (AvgIpc) is 2.80. The van der Waals surface area contributed by atoms with Gasteiger partial charge in [0.15, 0.2) is 0 Å². The summed E-state index contributed by atoms with van der Waals surface area (Å²) in [4.78, 5) is 0. The number of hydrogen-bond acceptors (Lipinski definition) is 2. The summed E-state index contributed by atoms with van der Waals surface area (Å²) in [6, 6.07) is 8.90. The Balaban J connectivity index is 1.93. The Morgan fingerprint density at radius 1 is 1.39 bits per heavy atom. The Morgan fingerprint density at radius 3 is 2.94 bits per heavy atom. The largest absolute Gasteiger partial charge is 0.489 e. The van der Waals surface area contributed by atoms with Crippen molar-refractivity contribution in [2.75, 3.05) is 6.61 Å². The fraction of sp³-hybridized carbons (Fsp3) is 0.500. The summed E-state index contributed by atoms with van der Waals surface area (Å²) in [6.07, 6.45) is 5.79. The lowest BCUT2D eigenvalue weighted by atomic mass is 10.1. The molecule has 0 aliphatic heterocycles. The first kappa shape index (κ1) is 13.2. The molecule has 1 N–H and O–H groups in total. The summed E-state index contributed by atoms with van der Waals surface area (Å²) < 4.78 is 5.67. The highest BCUT2D eigenvalue weighted by molar-refractivity contribution is 5.33. The third kappa shape index (κ3) is 3.36. The Kier molecular flexibility index (Phi) is 4.82. The second-order valence-corrected chi connectivity index (χ2v) is 5.10. The van der Waals surface area contributed by atoms with Crippen LogP contribution in [0.1, 0.15) is 31.7 Å². The maximum atomic E-state index is 5.67. The van der Waals surface area contributed by atoms with Crippen molar-refractivity contribution in [1.82, 2.24) is 5.32 Å². The van der Waals surface area contributed by atoms with Gasteiger partial charge in [0, 0.05) is 18.2 Å². The predicted octanol–water partition coefficient (Wildman–Crippen LogP) is 3.53. The number of rotatable bonds is 6. The van der Waals surface area contributed by atoms with E-state index in [0.29, 0.717) is 12.6 Å². The number of para-hydroxylation sites is 1. The van der Waals surface area contributed by atoms with Crippen LogP contribution >= 0.6 is 0 Å². The van der Waals surface area contributed by atoms with E-state index in [1.54, 1.807) is 6.08 Å². The maximum absolute atomic E-state index is 5.67. The van der Waals surface area contributed by atoms with Gasteiger partial charge >= 0.3 is 0 Å². The highest BCUT2D eigenvalue weighted by Gasteiger charge is 2.22. The van der Waals surface area contributed by atoms with Gasteiger partial charge in [-0.25, -0.2) is 0 Å². The molecular weight excluding hydrogens is 222 g/mol. The zero-order valence-electron chi connectivity index (χ0n) is 11.2. The second-order valence-electron chi connectivity index (χ2n) is 5.10. The molecule has 2 rings (SSSR count). The molecule has 0 bridgehead atoms. The Morgan fingerprint density at radius 2 is 2.22 bits per heavy atom. The zero-order chi connectivity index (χ0) is 12.8. The van der Waals surface area contributed by atoms with Crippen LogP contribution in [0.25, 0.3) is 0 Å². The monoisotopic (exact) mass is 245 g/mol. The molecule has 1 aromatic carbocycles. The molecule has 1 fully saturated rings. The number of ether oxygens (including phenoxy) is 1. The minimum atomic E-state index is 0.566. The van der Waals surface area contributed by atoms with E-state index in [9.17, 15) is 0 Å². The van der Waals surface area contributed by atoms with Crippen LogP contribution < -0.4 is 10.1 Å². The fourth-order valence-corrected chi connectivity index (χ4v) is 2.63. The SMILES string of the molecule is C=CCOc1ccccc1CNC1CCCC1C. The summed E-state index contributed by atoms with van der Waals surface area (Å²) in [5, 5.41) is 3.66. The van der Waals surface area contributed by atoms with Crippen LogP contribution in [0, 0.1) is 5.92 Å². The lowest BCUT2D eigenvalue weighted by Crippen LogP contribution is -2.30. The molecule has 2 nitrogen and oxygen atoms in total. The van der Waals surface area contributed by atoms with Gasteiger partial charge < -0.3 is 10.1 Å². The quantitative estimate of drug-likeness (QED) is 0.774. The molecule has 0 heterocycles. The van der Waals surface area contributed by atoms with Crippen molar-refractivity contribution >= 4 is 0 Å². The summed E-state index contributed by atoms with van der Waals surface area (Å²) in [5.74, 6) is 1.77. The Bertz CT molecular complexity index is 388. The van der Waals surface area contributed by atoms with E-state index in [4.69, 9.17) is 4.74 Å². The molecule has 0 amide bonds. The highest BCUT2D eigenvalue weighted by atomic mass is 16.5. The fourth-order valence-electron chi connectivity index (χ4n) is 2.63. The summed E-state index contributed by atoms with van der Waals surface area (Å²) in [6.45, 7) is 7.48. The smallest absolute Gasteiger partial charge is 0.124 e. The van der Waals surface area contributed by atoms with Gasteiger partial charge in [0.05, 0.1) is 0 Å². The van der Waals surface area contributed by atoms with Gasteiger partial charge in [0.25, 0.3) is 0 Å². The number of nitrogens with one attached hydrogen (secondary N) is 1. The van der Waals surface area contributed by atoms with Crippen molar-refractivity contribution in [3.8, 4) is 5.75 Å². The molecule has 2 unspecified atom stereocenters. The van der Waals surface area contributed by atoms with Crippen molar-refractivity contribution in [2.24, 2.45) is 5.92 Å². The summed E-state index contributed by atoms with van der Waals surface area (Å²) >= 11 is 0. The average molecular weight is 245 g/mol. The Labute approximate surface area is 110 Å². The second kappa shape index (κ2) is 6.60. The van der Waals surface area contributed by atoms with Gasteiger partial charge in [-0.15, -0.1) is 0 Å². The Hall–Kier alpha value is -1.28. The van der Waals surface area contributed by atoms with Crippen LogP contribution in [-0.2, 0) is 6.54 Å². The van der Waals surface area contributed by atoms with Crippen molar-refractivity contribution in [2.45, 2.75) is 38.8 Å². The molecular formula is C16H23NO. The van der Waals surface area contributed by atoms with E-state index < -0.39 is 0 Å². The normalized spacial score (nSPS) is 22.9. The lowest BCUT2D eigenvalue weighted by Gasteiger charge is -2.18. The van der Waals surface area contributed by atoms with Crippen LogP contribution in [0.3, 0.4) is 0 Å². The first-order chi connectivity index (χ1) is 8.81. The van der Waals surface area contributed by atoms with Gasteiger partial charge in [0.2, 0.25) is 0 Å². The van der Waals surface area contributed by atoms with E-state index >= 15 is 0 Å². The molecule has 1 aliphatic rings. The standard InChI is InChI=1S/C16H23NO/c1-3-11-18-16-10-5-4-8-14(16)12-17-15-9-6-7-13(15)2/h3-5,8,10,13,15,17H,1,6-7,9,11-12H2,2H3. The lowest BCUT2D eigenvalue weighted by molar-refractivity contribution is 0.354. The van der Waals surface area contributed by atoms with Crippen molar-refractivity contribution in [1.29, 1.82) is 0 Å². The van der Waals surface area contributed by atoms with E-state index in [-0.39, 0.29) is 0 Å². The van der Waals surface area contributed by atoms with Gasteiger partial charge in [-0.2, -0.15) is 0 Å². The maximum Gasteiger partial charge on any atom is 0.124 e. The van der Waals surface area contributed by atoms with Crippen LogP contribution in [0.5, 0.6) is 5.75 Å². The highest BCUT2D eigenvalue weighted by Crippen LogP contribution is 2.26. The van der Waals surface area contributed by atoms with Crippen LogP contribution in [-0.4, -0.2) is 12.6 Å². The van der Waals surface area contributed by atoms with Crippen LogP contribution in [0.15, 0.2) is 36.9 Å². The molecule has 0 saturated heterocycles. The minimum Gasteiger partial charge on any atom is -0.489 e. The molecule has 0 radical (unpaired) electrons. The number of hydrogen-bond donors (Lipinski definition) is 1.